The number of rotatable bonds is 6. The van der Waals surface area contributed by atoms with Gasteiger partial charge in [0.25, 0.3) is 0 Å². The van der Waals surface area contributed by atoms with Crippen molar-refractivity contribution < 1.29 is 9.47 Å². The van der Waals surface area contributed by atoms with Crippen molar-refractivity contribution in [2.45, 2.75) is 6.54 Å². The Morgan fingerprint density at radius 3 is 2.46 bits per heavy atom. The van der Waals surface area contributed by atoms with Gasteiger partial charge in [-0.15, -0.1) is 0 Å². The van der Waals surface area contributed by atoms with Crippen molar-refractivity contribution in [2.24, 2.45) is 0 Å². The normalized spacial score (nSPS) is 10.8. The fraction of sp³-hybridized carbons (Fsp3) is 0.136. The Hall–Kier alpha value is -3.27. The van der Waals surface area contributed by atoms with E-state index in [0.29, 0.717) is 13.2 Å². The van der Waals surface area contributed by atoms with Crippen LogP contribution in [0.4, 0.5) is 0 Å². The molecule has 0 amide bonds. The van der Waals surface area contributed by atoms with E-state index in [2.05, 4.69) is 16.7 Å². The molecule has 0 fully saturated rings. The van der Waals surface area contributed by atoms with E-state index >= 15 is 0 Å². The summed E-state index contributed by atoms with van der Waals surface area (Å²) in [6, 6.07) is 26.0. The summed E-state index contributed by atoms with van der Waals surface area (Å²) in [5.74, 6) is 2.61. The highest BCUT2D eigenvalue weighted by Gasteiger charge is 2.13. The third-order valence-corrected chi connectivity index (χ3v) is 4.31. The van der Waals surface area contributed by atoms with E-state index in [1.807, 2.05) is 66.7 Å². The molecular weight excluding hydrogens is 324 g/mol. The Balaban J connectivity index is 1.67. The van der Waals surface area contributed by atoms with Gasteiger partial charge < -0.3 is 14.0 Å². The molecule has 3 aromatic carbocycles. The van der Waals surface area contributed by atoms with Crippen LogP contribution in [-0.4, -0.2) is 23.3 Å². The van der Waals surface area contributed by atoms with Crippen LogP contribution in [0.3, 0.4) is 0 Å². The minimum absolute atomic E-state index is 0.571. The van der Waals surface area contributed by atoms with Crippen molar-refractivity contribution >= 4 is 11.0 Å². The first-order chi connectivity index (χ1) is 12.8. The predicted molar refractivity (Wildman–Crippen MR) is 104 cm³/mol. The molecule has 0 aliphatic rings. The van der Waals surface area contributed by atoms with Crippen molar-refractivity contribution in [1.29, 1.82) is 0 Å². The van der Waals surface area contributed by atoms with Crippen LogP contribution in [0.5, 0.6) is 11.5 Å². The molecule has 4 aromatic rings. The summed E-state index contributed by atoms with van der Waals surface area (Å²) in [4.78, 5) is 4.84. The number of hydrogen-bond acceptors (Lipinski definition) is 3. The van der Waals surface area contributed by atoms with Crippen LogP contribution in [-0.2, 0) is 6.54 Å². The molecule has 4 rings (SSSR count). The third-order valence-electron chi connectivity index (χ3n) is 4.31. The van der Waals surface area contributed by atoms with E-state index < -0.39 is 0 Å². The number of para-hydroxylation sites is 3. The van der Waals surface area contributed by atoms with Gasteiger partial charge >= 0.3 is 0 Å². The summed E-state index contributed by atoms with van der Waals surface area (Å²) in [5.41, 5.74) is 3.10. The highest BCUT2D eigenvalue weighted by Crippen LogP contribution is 2.27. The van der Waals surface area contributed by atoms with Crippen molar-refractivity contribution in [2.75, 3.05) is 13.7 Å². The first-order valence-electron chi connectivity index (χ1n) is 8.63. The second-order valence-corrected chi connectivity index (χ2v) is 5.97. The molecule has 1 aromatic heterocycles. The van der Waals surface area contributed by atoms with Gasteiger partial charge in [0.15, 0.2) is 0 Å². The quantitative estimate of drug-likeness (QED) is 0.504. The summed E-state index contributed by atoms with van der Waals surface area (Å²) < 4.78 is 13.5. The lowest BCUT2D eigenvalue weighted by Gasteiger charge is -2.11. The van der Waals surface area contributed by atoms with E-state index in [9.17, 15) is 0 Å². The highest BCUT2D eigenvalue weighted by atomic mass is 16.5. The molecule has 0 saturated carbocycles. The van der Waals surface area contributed by atoms with Crippen LogP contribution in [0, 0.1) is 0 Å². The number of ether oxygens (including phenoxy) is 2. The molecule has 0 spiro atoms. The molecule has 1 heterocycles. The van der Waals surface area contributed by atoms with Crippen molar-refractivity contribution in [3.05, 3.63) is 78.9 Å². The molecular formula is C22H20N2O2. The first kappa shape index (κ1) is 16.2. The number of imidazole rings is 1. The zero-order chi connectivity index (χ0) is 17.8. The monoisotopic (exact) mass is 344 g/mol. The van der Waals surface area contributed by atoms with Gasteiger partial charge in [0.05, 0.1) is 24.7 Å². The van der Waals surface area contributed by atoms with Gasteiger partial charge in [-0.2, -0.15) is 0 Å². The topological polar surface area (TPSA) is 36.3 Å². The zero-order valence-corrected chi connectivity index (χ0v) is 14.6. The van der Waals surface area contributed by atoms with E-state index in [-0.39, 0.29) is 0 Å². The van der Waals surface area contributed by atoms with Crippen molar-refractivity contribution in [3.8, 4) is 22.9 Å². The number of aromatic nitrogens is 2. The van der Waals surface area contributed by atoms with Crippen molar-refractivity contribution in [1.82, 2.24) is 9.55 Å². The van der Waals surface area contributed by atoms with Crippen LogP contribution in [0.2, 0.25) is 0 Å². The molecule has 0 N–H and O–H groups in total. The maximum atomic E-state index is 5.89. The Morgan fingerprint density at radius 2 is 1.62 bits per heavy atom. The lowest BCUT2D eigenvalue weighted by molar-refractivity contribution is 0.301. The number of methoxy groups -OCH3 is 1. The second kappa shape index (κ2) is 7.31. The minimum atomic E-state index is 0.571. The molecule has 0 saturated heterocycles. The van der Waals surface area contributed by atoms with Gasteiger partial charge in [-0.3, -0.25) is 0 Å². The van der Waals surface area contributed by atoms with Gasteiger partial charge in [0, 0.05) is 5.56 Å². The van der Waals surface area contributed by atoms with Crippen LogP contribution in [0.25, 0.3) is 22.4 Å². The van der Waals surface area contributed by atoms with Crippen molar-refractivity contribution in [3.63, 3.8) is 0 Å². The summed E-state index contributed by atoms with van der Waals surface area (Å²) >= 11 is 0. The van der Waals surface area contributed by atoms with E-state index in [1.54, 1.807) is 7.11 Å². The Labute approximate surface area is 152 Å². The molecule has 0 radical (unpaired) electrons. The molecule has 4 nitrogen and oxygen atoms in total. The Morgan fingerprint density at radius 1 is 0.846 bits per heavy atom. The number of nitrogens with zero attached hydrogens (tertiary/aromatic N) is 2. The fourth-order valence-electron chi connectivity index (χ4n) is 3.06. The smallest absolute Gasteiger partial charge is 0.141 e. The molecule has 0 unspecified atom stereocenters. The molecule has 0 aliphatic carbocycles. The minimum Gasteiger partial charge on any atom is -0.497 e. The predicted octanol–water partition coefficient (Wildman–Crippen LogP) is 4.79. The second-order valence-electron chi connectivity index (χ2n) is 5.97. The Bertz CT molecular complexity index is 1010. The van der Waals surface area contributed by atoms with Gasteiger partial charge in [-0.25, -0.2) is 4.98 Å². The third kappa shape index (κ3) is 3.26. The molecule has 0 bridgehead atoms. The van der Waals surface area contributed by atoms with Gasteiger partial charge in [0.1, 0.15) is 23.9 Å². The van der Waals surface area contributed by atoms with Gasteiger partial charge in [0.2, 0.25) is 0 Å². The van der Waals surface area contributed by atoms with E-state index in [0.717, 1.165) is 33.9 Å². The standard InChI is InChI=1S/C22H20N2O2/c1-25-19-11-7-8-17(16-19)22-23-20-12-5-6-13-21(20)24(22)14-15-26-18-9-3-2-4-10-18/h2-13,16H,14-15H2,1H3. The summed E-state index contributed by atoms with van der Waals surface area (Å²) in [6.45, 7) is 1.28. The first-order valence-corrected chi connectivity index (χ1v) is 8.63. The number of fused-ring (bicyclic) bond motifs is 1. The van der Waals surface area contributed by atoms with E-state index in [4.69, 9.17) is 14.5 Å². The zero-order valence-electron chi connectivity index (χ0n) is 14.6. The summed E-state index contributed by atoms with van der Waals surface area (Å²) in [5, 5.41) is 0. The molecule has 26 heavy (non-hydrogen) atoms. The molecule has 130 valence electrons. The van der Waals surface area contributed by atoms with Gasteiger partial charge in [-0.1, -0.05) is 42.5 Å². The maximum absolute atomic E-state index is 5.89. The van der Waals surface area contributed by atoms with E-state index in [1.165, 1.54) is 0 Å². The fourth-order valence-corrected chi connectivity index (χ4v) is 3.06. The van der Waals surface area contributed by atoms with Gasteiger partial charge in [-0.05, 0) is 36.4 Å². The Kier molecular flexibility index (Phi) is 4.56. The van der Waals surface area contributed by atoms with Crippen LogP contribution in [0.1, 0.15) is 0 Å². The average molecular weight is 344 g/mol. The van der Waals surface area contributed by atoms with Crippen LogP contribution in [0.15, 0.2) is 78.9 Å². The lowest BCUT2D eigenvalue weighted by Crippen LogP contribution is -2.09. The summed E-state index contributed by atoms with van der Waals surface area (Å²) in [7, 11) is 1.68. The SMILES string of the molecule is COc1cccc(-c2nc3ccccc3n2CCOc2ccccc2)c1. The molecule has 4 heteroatoms. The lowest BCUT2D eigenvalue weighted by atomic mass is 10.2. The maximum Gasteiger partial charge on any atom is 0.141 e. The highest BCUT2D eigenvalue weighted by molar-refractivity contribution is 5.80. The van der Waals surface area contributed by atoms with Crippen LogP contribution < -0.4 is 9.47 Å². The summed E-state index contributed by atoms with van der Waals surface area (Å²) in [6.07, 6.45) is 0. The molecule has 0 aliphatic heterocycles. The number of benzene rings is 3. The average Bonchev–Trinajstić information content (AvgIpc) is 3.08. The molecule has 0 atom stereocenters. The number of hydrogen-bond donors (Lipinski definition) is 0. The largest absolute Gasteiger partial charge is 0.497 e. The van der Waals surface area contributed by atoms with Crippen LogP contribution >= 0.6 is 0 Å².